The lowest BCUT2D eigenvalue weighted by Gasteiger charge is -2.10. The van der Waals surface area contributed by atoms with Crippen molar-refractivity contribution in [3.05, 3.63) is 29.8 Å². The fourth-order valence-corrected chi connectivity index (χ4v) is 1.41. The summed E-state index contributed by atoms with van der Waals surface area (Å²) in [5.41, 5.74) is 6.58. The Labute approximate surface area is 97.1 Å². The fraction of sp³-hybridized carbons (Fsp3) is 0.462. The van der Waals surface area contributed by atoms with E-state index in [1.54, 1.807) is 0 Å². The van der Waals surface area contributed by atoms with Gasteiger partial charge in [0.2, 0.25) is 0 Å². The van der Waals surface area contributed by atoms with Crippen molar-refractivity contribution in [2.45, 2.75) is 32.6 Å². The predicted octanol–water partition coefficient (Wildman–Crippen LogP) is 2.90. The lowest BCUT2D eigenvalue weighted by atomic mass is 9.99. The molecule has 0 aliphatic heterocycles. The van der Waals surface area contributed by atoms with Crippen LogP contribution in [0.25, 0.3) is 0 Å². The summed E-state index contributed by atoms with van der Waals surface area (Å²) in [6.45, 7) is 4.87. The average Bonchev–Trinajstić information content (AvgIpc) is 2.28. The van der Waals surface area contributed by atoms with Gasteiger partial charge in [-0.3, -0.25) is 5.41 Å². The minimum atomic E-state index is 0.163. The molecular weight excluding hydrogens is 200 g/mol. The smallest absolute Gasteiger partial charge is 0.119 e. The molecule has 1 aromatic rings. The van der Waals surface area contributed by atoms with Crippen LogP contribution in [0, 0.1) is 5.41 Å². The molecule has 1 aromatic carbocycles. The summed E-state index contributed by atoms with van der Waals surface area (Å²) >= 11 is 0. The zero-order chi connectivity index (χ0) is 12.0. The van der Waals surface area contributed by atoms with Crippen molar-refractivity contribution in [3.8, 4) is 5.75 Å². The summed E-state index contributed by atoms with van der Waals surface area (Å²) in [5.74, 6) is 1.59. The van der Waals surface area contributed by atoms with Gasteiger partial charge >= 0.3 is 0 Å². The van der Waals surface area contributed by atoms with Gasteiger partial charge in [0.1, 0.15) is 5.75 Å². The highest BCUT2D eigenvalue weighted by Crippen LogP contribution is 2.21. The fourth-order valence-electron chi connectivity index (χ4n) is 1.41. The maximum Gasteiger partial charge on any atom is 0.119 e. The summed E-state index contributed by atoms with van der Waals surface area (Å²) in [4.78, 5) is 0. The number of nitrogens with one attached hydrogen (secondary N) is 1. The number of nitrogens with two attached hydrogens (primary N) is 1. The highest BCUT2D eigenvalue weighted by molar-refractivity contribution is 5.76. The molecule has 16 heavy (non-hydrogen) atoms. The zero-order valence-electron chi connectivity index (χ0n) is 9.99. The van der Waals surface area contributed by atoms with Crippen LogP contribution in [0.5, 0.6) is 5.75 Å². The molecule has 3 N–H and O–H groups in total. The molecule has 0 radical (unpaired) electrons. The second-order valence-corrected chi connectivity index (χ2v) is 4.00. The maximum atomic E-state index is 7.07. The van der Waals surface area contributed by atoms with Crippen molar-refractivity contribution in [1.82, 2.24) is 0 Å². The summed E-state index contributed by atoms with van der Waals surface area (Å²) in [5, 5.41) is 7.07. The van der Waals surface area contributed by atoms with Crippen molar-refractivity contribution in [3.63, 3.8) is 0 Å². The Morgan fingerprint density at radius 2 is 2.00 bits per heavy atom. The molecule has 0 aliphatic carbocycles. The maximum absolute atomic E-state index is 7.07. The molecule has 3 nitrogen and oxygen atoms in total. The second-order valence-electron chi connectivity index (χ2n) is 4.00. The third kappa shape index (κ3) is 3.93. The minimum absolute atomic E-state index is 0.163. The van der Waals surface area contributed by atoms with E-state index in [1.807, 2.05) is 12.1 Å². The van der Waals surface area contributed by atoms with E-state index in [-0.39, 0.29) is 5.84 Å². The number of hydrogen-bond donors (Lipinski definition) is 2. The molecule has 0 bridgehead atoms. The van der Waals surface area contributed by atoms with Gasteiger partial charge in [-0.15, -0.1) is 0 Å². The normalized spacial score (nSPS) is 12.1. The highest BCUT2D eigenvalue weighted by Gasteiger charge is 2.02. The number of rotatable bonds is 6. The predicted molar refractivity (Wildman–Crippen MR) is 67.2 cm³/mol. The Hall–Kier alpha value is -1.51. The van der Waals surface area contributed by atoms with Gasteiger partial charge in [-0.2, -0.15) is 0 Å². The lowest BCUT2D eigenvalue weighted by Crippen LogP contribution is -2.13. The second kappa shape index (κ2) is 6.16. The summed E-state index contributed by atoms with van der Waals surface area (Å²) in [6.07, 6.45) is 1.62. The Morgan fingerprint density at radius 1 is 1.38 bits per heavy atom. The van der Waals surface area contributed by atoms with Crippen molar-refractivity contribution in [2.24, 2.45) is 5.73 Å². The molecule has 0 saturated heterocycles. The standard InChI is InChI=1S/C13H20N2O/c1-3-10(2)11-4-6-12(7-5-11)16-9-8-13(14)15/h4-7,10H,3,8-9H2,1-2H3,(H3,14,15). The van der Waals surface area contributed by atoms with Gasteiger partial charge in [0.15, 0.2) is 0 Å². The number of ether oxygens (including phenoxy) is 1. The summed E-state index contributed by atoms with van der Waals surface area (Å²) < 4.78 is 5.46. The van der Waals surface area contributed by atoms with E-state index in [9.17, 15) is 0 Å². The number of benzene rings is 1. The van der Waals surface area contributed by atoms with Crippen molar-refractivity contribution in [2.75, 3.05) is 6.61 Å². The van der Waals surface area contributed by atoms with Gasteiger partial charge in [-0.25, -0.2) is 0 Å². The van der Waals surface area contributed by atoms with Crippen molar-refractivity contribution < 1.29 is 4.74 Å². The van der Waals surface area contributed by atoms with Gasteiger partial charge in [0, 0.05) is 6.42 Å². The van der Waals surface area contributed by atoms with Crippen molar-refractivity contribution >= 4 is 5.84 Å². The van der Waals surface area contributed by atoms with Gasteiger partial charge in [-0.05, 0) is 30.0 Å². The minimum Gasteiger partial charge on any atom is -0.493 e. The molecule has 1 unspecified atom stereocenters. The first-order valence-electron chi connectivity index (χ1n) is 5.69. The molecule has 0 saturated carbocycles. The van der Waals surface area contributed by atoms with Gasteiger partial charge in [0.05, 0.1) is 12.4 Å². The lowest BCUT2D eigenvalue weighted by molar-refractivity contribution is 0.328. The molecule has 0 heterocycles. The molecule has 1 rings (SSSR count). The van der Waals surface area contributed by atoms with Crippen LogP contribution < -0.4 is 10.5 Å². The third-order valence-electron chi connectivity index (χ3n) is 2.70. The van der Waals surface area contributed by atoms with Crippen LogP contribution in [0.15, 0.2) is 24.3 Å². The Kier molecular flexibility index (Phi) is 4.83. The first kappa shape index (κ1) is 12.6. The summed E-state index contributed by atoms with van der Waals surface area (Å²) in [6, 6.07) is 8.14. The average molecular weight is 220 g/mol. The van der Waals surface area contributed by atoms with E-state index in [1.165, 1.54) is 5.56 Å². The first-order chi connectivity index (χ1) is 7.63. The van der Waals surface area contributed by atoms with Crippen LogP contribution in [0.2, 0.25) is 0 Å². The van der Waals surface area contributed by atoms with Crippen molar-refractivity contribution in [1.29, 1.82) is 5.41 Å². The zero-order valence-corrected chi connectivity index (χ0v) is 9.99. The van der Waals surface area contributed by atoms with E-state index in [4.69, 9.17) is 15.9 Å². The SMILES string of the molecule is CCC(C)c1ccc(OCCC(=N)N)cc1. The number of amidine groups is 1. The van der Waals surface area contributed by atoms with Crippen LogP contribution in [-0.4, -0.2) is 12.4 Å². The Bertz CT molecular complexity index is 332. The molecular formula is C13H20N2O. The van der Waals surface area contributed by atoms with Crippen LogP contribution in [0.3, 0.4) is 0 Å². The number of hydrogen-bond acceptors (Lipinski definition) is 2. The molecule has 0 spiro atoms. The van der Waals surface area contributed by atoms with Gasteiger partial charge in [-0.1, -0.05) is 26.0 Å². The van der Waals surface area contributed by atoms with E-state index in [2.05, 4.69) is 26.0 Å². The molecule has 0 fully saturated rings. The Balaban J connectivity index is 2.48. The van der Waals surface area contributed by atoms with Crippen LogP contribution in [-0.2, 0) is 0 Å². The Morgan fingerprint density at radius 3 is 2.50 bits per heavy atom. The van der Waals surface area contributed by atoms with E-state index in [0.717, 1.165) is 12.2 Å². The molecule has 3 heteroatoms. The topological polar surface area (TPSA) is 59.1 Å². The molecule has 88 valence electrons. The molecule has 1 atom stereocenters. The van der Waals surface area contributed by atoms with Crippen LogP contribution >= 0.6 is 0 Å². The third-order valence-corrected chi connectivity index (χ3v) is 2.70. The summed E-state index contributed by atoms with van der Waals surface area (Å²) in [7, 11) is 0. The molecule has 0 aliphatic rings. The van der Waals surface area contributed by atoms with Crippen LogP contribution in [0.1, 0.15) is 38.2 Å². The molecule has 0 aromatic heterocycles. The van der Waals surface area contributed by atoms with Crippen LogP contribution in [0.4, 0.5) is 0 Å². The van der Waals surface area contributed by atoms with Gasteiger partial charge < -0.3 is 10.5 Å². The quantitative estimate of drug-likeness (QED) is 0.572. The monoisotopic (exact) mass is 220 g/mol. The van der Waals surface area contributed by atoms with E-state index in [0.29, 0.717) is 18.9 Å². The van der Waals surface area contributed by atoms with Gasteiger partial charge in [0.25, 0.3) is 0 Å². The molecule has 0 amide bonds. The van der Waals surface area contributed by atoms with E-state index < -0.39 is 0 Å². The van der Waals surface area contributed by atoms with E-state index >= 15 is 0 Å². The largest absolute Gasteiger partial charge is 0.493 e. The highest BCUT2D eigenvalue weighted by atomic mass is 16.5. The first-order valence-corrected chi connectivity index (χ1v) is 5.69.